The predicted molar refractivity (Wildman–Crippen MR) is 65.1 cm³/mol. The van der Waals surface area contributed by atoms with Crippen LogP contribution < -0.4 is 15.4 Å². The molecule has 17 heavy (non-hydrogen) atoms. The predicted octanol–water partition coefficient (Wildman–Crippen LogP) is 1.96. The van der Waals surface area contributed by atoms with E-state index in [1.807, 2.05) is 19.9 Å². The summed E-state index contributed by atoms with van der Waals surface area (Å²) in [5.74, 6) is 0.488. The Kier molecular flexibility index (Phi) is 4.35. The van der Waals surface area contributed by atoms with Gasteiger partial charge in [-0.05, 0) is 37.1 Å². The Morgan fingerprint density at radius 1 is 1.41 bits per heavy atom. The van der Waals surface area contributed by atoms with Crippen LogP contribution in [-0.4, -0.2) is 19.7 Å². The van der Waals surface area contributed by atoms with Crippen LogP contribution in [0.1, 0.15) is 11.1 Å². The van der Waals surface area contributed by atoms with Gasteiger partial charge in [0.15, 0.2) is 0 Å². The van der Waals surface area contributed by atoms with Gasteiger partial charge in [0.05, 0.1) is 6.07 Å². The highest BCUT2D eigenvalue weighted by atomic mass is 16.5. The lowest BCUT2D eigenvalue weighted by atomic mass is 10.1. The molecule has 0 aromatic heterocycles. The summed E-state index contributed by atoms with van der Waals surface area (Å²) in [6.07, 6.45) is -0.499. The van der Waals surface area contributed by atoms with E-state index in [4.69, 9.17) is 10.00 Å². The Hall–Kier alpha value is -2.22. The zero-order valence-corrected chi connectivity index (χ0v) is 10.1. The molecule has 0 unspecified atom stereocenters. The van der Waals surface area contributed by atoms with Gasteiger partial charge >= 0.3 is 6.09 Å². The minimum atomic E-state index is -0.499. The van der Waals surface area contributed by atoms with Crippen molar-refractivity contribution < 1.29 is 9.53 Å². The van der Waals surface area contributed by atoms with Gasteiger partial charge in [-0.25, -0.2) is 4.79 Å². The average Bonchev–Trinajstić information content (AvgIpc) is 2.28. The SMILES string of the molecule is CNC(=O)Oc1cc(C)c(NCC#N)c(C)c1. The minimum Gasteiger partial charge on any atom is -0.410 e. The Morgan fingerprint density at radius 2 is 2.00 bits per heavy atom. The molecule has 0 saturated heterocycles. The van der Waals surface area contributed by atoms with Crippen molar-refractivity contribution in [1.29, 1.82) is 5.26 Å². The number of amides is 1. The maximum atomic E-state index is 11.1. The number of carbonyl (C=O) groups is 1. The topological polar surface area (TPSA) is 74.2 Å². The highest BCUT2D eigenvalue weighted by Crippen LogP contribution is 2.26. The number of anilines is 1. The summed E-state index contributed by atoms with van der Waals surface area (Å²) in [6, 6.07) is 5.52. The first kappa shape index (κ1) is 12.8. The lowest BCUT2D eigenvalue weighted by Crippen LogP contribution is -2.22. The van der Waals surface area contributed by atoms with E-state index in [2.05, 4.69) is 10.6 Å². The highest BCUT2D eigenvalue weighted by Gasteiger charge is 2.07. The summed E-state index contributed by atoms with van der Waals surface area (Å²) in [6.45, 7) is 4.03. The molecular weight excluding hydrogens is 218 g/mol. The number of carbonyl (C=O) groups excluding carboxylic acids is 1. The van der Waals surface area contributed by atoms with Gasteiger partial charge in [0.25, 0.3) is 0 Å². The van der Waals surface area contributed by atoms with Gasteiger partial charge in [0, 0.05) is 12.7 Å². The number of hydrogen-bond acceptors (Lipinski definition) is 4. The molecule has 1 aromatic rings. The normalized spacial score (nSPS) is 9.29. The molecule has 0 aliphatic carbocycles. The average molecular weight is 233 g/mol. The van der Waals surface area contributed by atoms with Crippen LogP contribution in [0.4, 0.5) is 10.5 Å². The number of ether oxygens (including phenoxy) is 1. The summed E-state index contributed by atoms with van der Waals surface area (Å²) in [5, 5.41) is 13.9. The molecule has 0 bridgehead atoms. The Labute approximate surface area is 100 Å². The Balaban J connectivity index is 2.93. The molecule has 1 amide bonds. The quantitative estimate of drug-likeness (QED) is 0.782. The van der Waals surface area contributed by atoms with E-state index in [0.717, 1.165) is 16.8 Å². The molecular formula is C12H15N3O2. The molecule has 5 nitrogen and oxygen atoms in total. The van der Waals surface area contributed by atoms with Crippen molar-refractivity contribution in [1.82, 2.24) is 5.32 Å². The fraction of sp³-hybridized carbons (Fsp3) is 0.333. The molecule has 0 saturated carbocycles. The molecule has 0 aliphatic rings. The van der Waals surface area contributed by atoms with Gasteiger partial charge in [0.2, 0.25) is 0 Å². The zero-order valence-electron chi connectivity index (χ0n) is 10.1. The maximum Gasteiger partial charge on any atom is 0.412 e. The third kappa shape index (κ3) is 3.38. The summed E-state index contributed by atoms with van der Waals surface area (Å²) < 4.78 is 5.04. The summed E-state index contributed by atoms with van der Waals surface area (Å²) in [4.78, 5) is 11.1. The molecule has 0 heterocycles. The van der Waals surface area contributed by atoms with Crippen LogP contribution in [0.15, 0.2) is 12.1 Å². The van der Waals surface area contributed by atoms with Crippen LogP contribution in [0.5, 0.6) is 5.75 Å². The van der Waals surface area contributed by atoms with E-state index >= 15 is 0 Å². The highest BCUT2D eigenvalue weighted by molar-refractivity contribution is 5.71. The monoisotopic (exact) mass is 233 g/mol. The number of hydrogen-bond donors (Lipinski definition) is 2. The van der Waals surface area contributed by atoms with Crippen molar-refractivity contribution in [2.75, 3.05) is 18.9 Å². The molecule has 1 aromatic carbocycles. The van der Waals surface area contributed by atoms with Crippen molar-refractivity contribution >= 4 is 11.8 Å². The van der Waals surface area contributed by atoms with Crippen molar-refractivity contribution in [2.24, 2.45) is 0 Å². The fourth-order valence-corrected chi connectivity index (χ4v) is 1.55. The number of nitriles is 1. The van der Waals surface area contributed by atoms with Crippen LogP contribution in [0.3, 0.4) is 0 Å². The van der Waals surface area contributed by atoms with Gasteiger partial charge in [-0.3, -0.25) is 0 Å². The lowest BCUT2D eigenvalue weighted by Gasteiger charge is -2.12. The molecule has 0 atom stereocenters. The van der Waals surface area contributed by atoms with Crippen LogP contribution in [0, 0.1) is 25.2 Å². The number of nitrogens with one attached hydrogen (secondary N) is 2. The van der Waals surface area contributed by atoms with E-state index in [1.54, 1.807) is 12.1 Å². The molecule has 90 valence electrons. The molecule has 1 rings (SSSR count). The standard InChI is InChI=1S/C12H15N3O2/c1-8-6-10(17-12(16)14-3)7-9(2)11(8)15-5-4-13/h6-7,15H,5H2,1-3H3,(H,14,16). The molecule has 2 N–H and O–H groups in total. The van der Waals surface area contributed by atoms with Crippen LogP contribution in [0.2, 0.25) is 0 Å². The Morgan fingerprint density at radius 3 is 2.47 bits per heavy atom. The van der Waals surface area contributed by atoms with E-state index in [1.165, 1.54) is 7.05 Å². The third-order valence-electron chi connectivity index (χ3n) is 2.27. The van der Waals surface area contributed by atoms with E-state index in [0.29, 0.717) is 5.75 Å². The van der Waals surface area contributed by atoms with Crippen LogP contribution in [-0.2, 0) is 0 Å². The van der Waals surface area contributed by atoms with Gasteiger partial charge in [-0.1, -0.05) is 0 Å². The van der Waals surface area contributed by atoms with E-state index in [-0.39, 0.29) is 6.54 Å². The van der Waals surface area contributed by atoms with E-state index < -0.39 is 6.09 Å². The first-order chi connectivity index (χ1) is 8.08. The largest absolute Gasteiger partial charge is 0.412 e. The van der Waals surface area contributed by atoms with Crippen LogP contribution >= 0.6 is 0 Å². The van der Waals surface area contributed by atoms with E-state index in [9.17, 15) is 4.79 Å². The Bertz CT molecular complexity index is 440. The smallest absolute Gasteiger partial charge is 0.410 e. The van der Waals surface area contributed by atoms with Gasteiger partial charge in [0.1, 0.15) is 12.3 Å². The fourth-order valence-electron chi connectivity index (χ4n) is 1.55. The number of aryl methyl sites for hydroxylation is 2. The second-order valence-corrected chi connectivity index (χ2v) is 3.58. The number of rotatable bonds is 3. The number of benzene rings is 1. The van der Waals surface area contributed by atoms with Gasteiger partial charge in [-0.2, -0.15) is 5.26 Å². The van der Waals surface area contributed by atoms with Crippen LogP contribution in [0.25, 0.3) is 0 Å². The van der Waals surface area contributed by atoms with Gasteiger partial charge in [-0.15, -0.1) is 0 Å². The second kappa shape index (κ2) is 5.75. The first-order valence-corrected chi connectivity index (χ1v) is 5.20. The van der Waals surface area contributed by atoms with Crippen molar-refractivity contribution in [2.45, 2.75) is 13.8 Å². The van der Waals surface area contributed by atoms with Gasteiger partial charge < -0.3 is 15.4 Å². The summed E-state index contributed by atoms with van der Waals surface area (Å²) >= 11 is 0. The molecule has 0 aliphatic heterocycles. The second-order valence-electron chi connectivity index (χ2n) is 3.58. The number of nitrogens with zero attached hydrogens (tertiary/aromatic N) is 1. The summed E-state index contributed by atoms with van der Waals surface area (Å²) in [5.41, 5.74) is 2.76. The molecule has 0 spiro atoms. The van der Waals surface area contributed by atoms with Crippen molar-refractivity contribution in [3.05, 3.63) is 23.3 Å². The third-order valence-corrected chi connectivity index (χ3v) is 2.27. The van der Waals surface area contributed by atoms with Crippen molar-refractivity contribution in [3.63, 3.8) is 0 Å². The molecule has 0 fully saturated rings. The summed E-state index contributed by atoms with van der Waals surface area (Å²) in [7, 11) is 1.50. The lowest BCUT2D eigenvalue weighted by molar-refractivity contribution is 0.203. The maximum absolute atomic E-state index is 11.1. The molecule has 0 radical (unpaired) electrons. The zero-order chi connectivity index (χ0) is 12.8. The van der Waals surface area contributed by atoms with Crippen molar-refractivity contribution in [3.8, 4) is 11.8 Å². The molecule has 5 heteroatoms. The first-order valence-electron chi connectivity index (χ1n) is 5.20. The minimum absolute atomic E-state index is 0.247.